The number of ether oxygens (including phenoxy) is 1. The smallest absolute Gasteiger partial charge is 0.225 e. The zero-order chi connectivity index (χ0) is 18.7. The summed E-state index contributed by atoms with van der Waals surface area (Å²) in [6, 6.07) is 2.17. The fraction of sp³-hybridized carbons (Fsp3) is 0.750. The van der Waals surface area contributed by atoms with Crippen molar-refractivity contribution in [2.24, 2.45) is 16.1 Å². The van der Waals surface area contributed by atoms with E-state index in [1.807, 2.05) is 6.07 Å². The van der Waals surface area contributed by atoms with Crippen molar-refractivity contribution in [1.82, 2.24) is 14.9 Å². The van der Waals surface area contributed by atoms with Crippen molar-refractivity contribution in [2.45, 2.75) is 57.6 Å². The zero-order valence-electron chi connectivity index (χ0n) is 16.8. The quantitative estimate of drug-likeness (QED) is 0.389. The minimum Gasteiger partial charge on any atom is -0.378 e. The molecule has 0 bridgehead atoms. The number of nitrogens with zero attached hydrogens (tertiary/aromatic N) is 5. The highest BCUT2D eigenvalue weighted by molar-refractivity contribution is 14.0. The molecule has 7 nitrogen and oxygen atoms in total. The molecule has 1 aliphatic heterocycles. The third kappa shape index (κ3) is 4.22. The molecule has 3 fully saturated rings. The largest absolute Gasteiger partial charge is 0.378 e. The van der Waals surface area contributed by atoms with Gasteiger partial charge in [0, 0.05) is 50.6 Å². The number of aliphatic imine (C=N–C) groups is 1. The molecule has 2 aliphatic carbocycles. The number of anilines is 1. The van der Waals surface area contributed by atoms with Crippen molar-refractivity contribution in [3.05, 3.63) is 18.5 Å². The minimum atomic E-state index is 0. The standard InChI is InChI=1S/C20H32N6O.HI/c1-2-27-17-15-16(20(17)7-4-3-5-8-20)24-18(21)25-11-13-26(14-12-25)19-22-9-6-10-23-19;/h6,9-10,16-17H,2-5,7-8,11-15H2,1H3,(H2,21,24);1H. The Kier molecular flexibility index (Phi) is 7.36. The first-order valence-corrected chi connectivity index (χ1v) is 10.4. The first-order valence-electron chi connectivity index (χ1n) is 10.4. The van der Waals surface area contributed by atoms with Crippen LogP contribution >= 0.6 is 24.0 Å². The molecular weight excluding hydrogens is 467 g/mol. The van der Waals surface area contributed by atoms with Crippen molar-refractivity contribution in [3.8, 4) is 0 Å². The molecule has 1 saturated heterocycles. The topological polar surface area (TPSA) is 79.9 Å². The van der Waals surface area contributed by atoms with Crippen LogP contribution in [-0.2, 0) is 4.74 Å². The van der Waals surface area contributed by atoms with Gasteiger partial charge in [0.15, 0.2) is 5.96 Å². The highest BCUT2D eigenvalue weighted by atomic mass is 127. The van der Waals surface area contributed by atoms with E-state index in [0.717, 1.165) is 45.2 Å². The Bertz CT molecular complexity index is 643. The van der Waals surface area contributed by atoms with Gasteiger partial charge in [-0.2, -0.15) is 0 Å². The van der Waals surface area contributed by atoms with Crippen LogP contribution in [0.3, 0.4) is 0 Å². The van der Waals surface area contributed by atoms with E-state index < -0.39 is 0 Å². The van der Waals surface area contributed by atoms with E-state index in [0.29, 0.717) is 18.1 Å². The maximum Gasteiger partial charge on any atom is 0.225 e. The van der Waals surface area contributed by atoms with Crippen LogP contribution in [0.4, 0.5) is 5.95 Å². The number of hydrogen-bond donors (Lipinski definition) is 1. The molecule has 2 unspecified atom stereocenters. The summed E-state index contributed by atoms with van der Waals surface area (Å²) in [5, 5.41) is 0. The Morgan fingerprint density at radius 3 is 2.50 bits per heavy atom. The predicted molar refractivity (Wildman–Crippen MR) is 122 cm³/mol. The van der Waals surface area contributed by atoms with Gasteiger partial charge in [-0.05, 0) is 32.3 Å². The van der Waals surface area contributed by atoms with Gasteiger partial charge in [-0.3, -0.25) is 0 Å². The number of piperazine rings is 1. The van der Waals surface area contributed by atoms with Crippen molar-refractivity contribution < 1.29 is 4.74 Å². The maximum atomic E-state index is 6.44. The van der Waals surface area contributed by atoms with Crippen LogP contribution in [-0.4, -0.2) is 65.8 Å². The van der Waals surface area contributed by atoms with E-state index in [2.05, 4.69) is 26.7 Å². The maximum absolute atomic E-state index is 6.44. The number of rotatable bonds is 4. The second-order valence-electron chi connectivity index (χ2n) is 8.00. The molecule has 28 heavy (non-hydrogen) atoms. The SMILES string of the molecule is CCOC1CC(N=C(N)N2CCN(c3ncccn3)CC2)C12CCCCC2.I. The highest BCUT2D eigenvalue weighted by Gasteiger charge is 2.56. The number of guanidine groups is 1. The minimum absolute atomic E-state index is 0. The molecule has 3 aliphatic rings. The highest BCUT2D eigenvalue weighted by Crippen LogP contribution is 2.54. The second-order valence-corrected chi connectivity index (χ2v) is 8.00. The molecular formula is C20H33IN6O. The summed E-state index contributed by atoms with van der Waals surface area (Å²) in [7, 11) is 0. The van der Waals surface area contributed by atoms with E-state index in [4.69, 9.17) is 15.5 Å². The van der Waals surface area contributed by atoms with Gasteiger partial charge in [-0.25, -0.2) is 15.0 Å². The number of aromatic nitrogens is 2. The van der Waals surface area contributed by atoms with E-state index >= 15 is 0 Å². The summed E-state index contributed by atoms with van der Waals surface area (Å²) in [4.78, 5) is 18.1. The fourth-order valence-electron chi connectivity index (χ4n) is 5.04. The van der Waals surface area contributed by atoms with E-state index in [1.54, 1.807) is 12.4 Å². The number of halogens is 1. The first-order chi connectivity index (χ1) is 13.2. The summed E-state index contributed by atoms with van der Waals surface area (Å²) < 4.78 is 6.05. The lowest BCUT2D eigenvalue weighted by molar-refractivity contribution is -0.139. The van der Waals surface area contributed by atoms with Gasteiger partial charge in [0.05, 0.1) is 12.1 Å². The van der Waals surface area contributed by atoms with Gasteiger partial charge in [-0.1, -0.05) is 19.3 Å². The monoisotopic (exact) mass is 500 g/mol. The van der Waals surface area contributed by atoms with Crippen LogP contribution in [0.5, 0.6) is 0 Å². The predicted octanol–water partition coefficient (Wildman–Crippen LogP) is 2.66. The Morgan fingerprint density at radius 1 is 1.18 bits per heavy atom. The molecule has 1 spiro atoms. The van der Waals surface area contributed by atoms with Gasteiger partial charge < -0.3 is 20.3 Å². The lowest BCUT2D eigenvalue weighted by Gasteiger charge is -2.56. The van der Waals surface area contributed by atoms with Crippen LogP contribution in [0.2, 0.25) is 0 Å². The lowest BCUT2D eigenvalue weighted by Crippen LogP contribution is -2.59. The molecule has 2 saturated carbocycles. The average molecular weight is 500 g/mol. The van der Waals surface area contributed by atoms with Crippen LogP contribution in [0.25, 0.3) is 0 Å². The molecule has 8 heteroatoms. The van der Waals surface area contributed by atoms with Gasteiger partial charge in [-0.15, -0.1) is 24.0 Å². The lowest BCUT2D eigenvalue weighted by atomic mass is 9.55. The van der Waals surface area contributed by atoms with E-state index in [-0.39, 0.29) is 29.4 Å². The van der Waals surface area contributed by atoms with Crippen LogP contribution in [0.15, 0.2) is 23.5 Å². The third-order valence-corrected chi connectivity index (χ3v) is 6.62. The summed E-state index contributed by atoms with van der Waals surface area (Å²) in [5.74, 6) is 1.50. The normalized spacial score (nSPS) is 27.2. The summed E-state index contributed by atoms with van der Waals surface area (Å²) in [5.41, 5.74) is 6.67. The van der Waals surface area contributed by atoms with E-state index in [1.165, 1.54) is 32.1 Å². The molecule has 2 N–H and O–H groups in total. The van der Waals surface area contributed by atoms with Gasteiger partial charge in [0.1, 0.15) is 0 Å². The summed E-state index contributed by atoms with van der Waals surface area (Å²) in [6.45, 7) is 6.36. The molecule has 0 radical (unpaired) electrons. The Labute approximate surface area is 185 Å². The molecule has 2 atom stereocenters. The molecule has 4 rings (SSSR count). The van der Waals surface area contributed by atoms with Crippen molar-refractivity contribution in [1.29, 1.82) is 0 Å². The van der Waals surface area contributed by atoms with Crippen LogP contribution < -0.4 is 10.6 Å². The first kappa shape index (κ1) is 21.5. The molecule has 1 aromatic heterocycles. The van der Waals surface area contributed by atoms with Crippen LogP contribution in [0.1, 0.15) is 45.4 Å². The zero-order valence-corrected chi connectivity index (χ0v) is 19.1. The van der Waals surface area contributed by atoms with Gasteiger partial charge in [0.2, 0.25) is 5.95 Å². The second kappa shape index (κ2) is 9.56. The Balaban J connectivity index is 0.00000225. The van der Waals surface area contributed by atoms with E-state index in [9.17, 15) is 0 Å². The molecule has 156 valence electrons. The molecule has 2 heterocycles. The summed E-state index contributed by atoms with van der Waals surface area (Å²) in [6.07, 6.45) is 11.4. The van der Waals surface area contributed by atoms with Crippen molar-refractivity contribution in [2.75, 3.05) is 37.7 Å². The Morgan fingerprint density at radius 2 is 1.86 bits per heavy atom. The van der Waals surface area contributed by atoms with Gasteiger partial charge >= 0.3 is 0 Å². The summed E-state index contributed by atoms with van der Waals surface area (Å²) >= 11 is 0. The van der Waals surface area contributed by atoms with Gasteiger partial charge in [0.25, 0.3) is 0 Å². The Hall–Kier alpha value is -1.16. The average Bonchev–Trinajstić information content (AvgIpc) is 2.74. The number of hydrogen-bond acceptors (Lipinski definition) is 5. The van der Waals surface area contributed by atoms with Crippen molar-refractivity contribution >= 4 is 35.9 Å². The number of nitrogens with two attached hydrogens (primary N) is 1. The molecule has 0 aromatic carbocycles. The fourth-order valence-corrected chi connectivity index (χ4v) is 5.04. The molecule has 0 amide bonds. The third-order valence-electron chi connectivity index (χ3n) is 6.62. The van der Waals surface area contributed by atoms with Crippen molar-refractivity contribution in [3.63, 3.8) is 0 Å². The van der Waals surface area contributed by atoms with Crippen LogP contribution in [0, 0.1) is 5.41 Å². The molecule has 1 aromatic rings.